The van der Waals surface area contributed by atoms with Gasteiger partial charge in [0.15, 0.2) is 5.65 Å². The number of fused-ring (bicyclic) bond motifs is 1. The Hall–Kier alpha value is -3.14. The summed E-state index contributed by atoms with van der Waals surface area (Å²) < 4.78 is 1.89. The van der Waals surface area contributed by atoms with Crippen molar-refractivity contribution in [3.8, 4) is 22.5 Å². The molecule has 4 heteroatoms. The van der Waals surface area contributed by atoms with E-state index in [1.54, 1.807) is 0 Å². The highest BCUT2D eigenvalue weighted by Crippen LogP contribution is 2.25. The van der Waals surface area contributed by atoms with E-state index in [0.29, 0.717) is 0 Å². The number of hydrogen-bond donors (Lipinski definition) is 0. The quantitative estimate of drug-likeness (QED) is 0.574. The van der Waals surface area contributed by atoms with E-state index in [0.717, 1.165) is 33.8 Å². The van der Waals surface area contributed by atoms with Crippen LogP contribution in [0, 0.1) is 6.07 Å². The summed E-state index contributed by atoms with van der Waals surface area (Å²) in [5.74, 6) is 0. The fourth-order valence-corrected chi connectivity index (χ4v) is 2.72. The van der Waals surface area contributed by atoms with Gasteiger partial charge in [-0.15, -0.1) is 0 Å². The molecule has 2 heterocycles. The van der Waals surface area contributed by atoms with Crippen molar-refractivity contribution in [1.82, 2.24) is 14.6 Å². The minimum absolute atomic E-state index is 0.835. The molecular formula is C20H17N4. The Labute approximate surface area is 141 Å². The Balaban J connectivity index is 1.85. The van der Waals surface area contributed by atoms with E-state index < -0.39 is 0 Å². The second-order valence-corrected chi connectivity index (χ2v) is 5.87. The van der Waals surface area contributed by atoms with Crippen LogP contribution in [0.1, 0.15) is 0 Å². The second kappa shape index (κ2) is 5.81. The average molecular weight is 313 g/mol. The number of hydrogen-bond acceptors (Lipinski definition) is 3. The maximum atomic E-state index is 4.80. The standard InChI is InChI=1S/C20H17N4/c1-23(2)17-10-6-9-16(13-17)18-11-12-20-21-14-19(24(20)22-18)15-7-4-3-5-8-15/h3-4,6-14H,1-2H3. The number of nitrogens with zero attached hydrogens (tertiary/aromatic N) is 4. The van der Waals surface area contributed by atoms with Gasteiger partial charge in [-0.05, 0) is 36.4 Å². The fraction of sp³-hybridized carbons (Fsp3) is 0.100. The zero-order valence-electron chi connectivity index (χ0n) is 13.6. The van der Waals surface area contributed by atoms with Crippen molar-refractivity contribution in [1.29, 1.82) is 0 Å². The molecule has 0 unspecified atom stereocenters. The van der Waals surface area contributed by atoms with E-state index in [9.17, 15) is 0 Å². The highest BCUT2D eigenvalue weighted by molar-refractivity contribution is 5.68. The minimum atomic E-state index is 0.835. The van der Waals surface area contributed by atoms with E-state index in [2.05, 4.69) is 40.2 Å². The van der Waals surface area contributed by atoms with Crippen molar-refractivity contribution < 1.29 is 0 Å². The number of imidazole rings is 1. The summed E-state index contributed by atoms with van der Waals surface area (Å²) >= 11 is 0. The summed E-state index contributed by atoms with van der Waals surface area (Å²) in [5.41, 5.74) is 6.01. The largest absolute Gasteiger partial charge is 0.378 e. The van der Waals surface area contributed by atoms with Crippen LogP contribution >= 0.6 is 0 Å². The van der Waals surface area contributed by atoms with Crippen LogP contribution in [0.25, 0.3) is 28.2 Å². The summed E-state index contributed by atoms with van der Waals surface area (Å²) in [5, 5.41) is 4.80. The Bertz CT molecular complexity index is 987. The Morgan fingerprint density at radius 1 is 1.00 bits per heavy atom. The highest BCUT2D eigenvalue weighted by Gasteiger charge is 2.09. The molecule has 24 heavy (non-hydrogen) atoms. The first-order chi connectivity index (χ1) is 11.7. The van der Waals surface area contributed by atoms with Crippen molar-refractivity contribution in [3.05, 3.63) is 72.9 Å². The maximum Gasteiger partial charge on any atom is 0.154 e. The van der Waals surface area contributed by atoms with Crippen LogP contribution in [0.15, 0.2) is 66.9 Å². The van der Waals surface area contributed by atoms with Crippen molar-refractivity contribution in [2.45, 2.75) is 0 Å². The molecule has 0 bridgehead atoms. The Morgan fingerprint density at radius 2 is 1.88 bits per heavy atom. The lowest BCUT2D eigenvalue weighted by Crippen LogP contribution is -2.08. The molecule has 4 aromatic rings. The van der Waals surface area contributed by atoms with Gasteiger partial charge < -0.3 is 4.90 Å². The zero-order valence-corrected chi connectivity index (χ0v) is 13.6. The van der Waals surface area contributed by atoms with E-state index in [1.807, 2.05) is 61.2 Å². The number of rotatable bonds is 3. The molecule has 0 aliphatic rings. The molecule has 2 aromatic heterocycles. The molecule has 0 saturated carbocycles. The third-order valence-corrected chi connectivity index (χ3v) is 4.02. The molecule has 2 aromatic carbocycles. The van der Waals surface area contributed by atoms with Gasteiger partial charge in [-0.3, -0.25) is 0 Å². The van der Waals surface area contributed by atoms with Crippen molar-refractivity contribution in [2.24, 2.45) is 0 Å². The molecule has 4 nitrogen and oxygen atoms in total. The van der Waals surface area contributed by atoms with Crippen LogP contribution in [0.4, 0.5) is 5.69 Å². The maximum absolute atomic E-state index is 4.80. The summed E-state index contributed by atoms with van der Waals surface area (Å²) in [4.78, 5) is 6.54. The molecule has 0 fully saturated rings. The van der Waals surface area contributed by atoms with Crippen LogP contribution in [0.2, 0.25) is 0 Å². The molecule has 1 radical (unpaired) electrons. The normalized spacial score (nSPS) is 10.9. The third kappa shape index (κ3) is 2.52. The van der Waals surface area contributed by atoms with E-state index in [4.69, 9.17) is 5.10 Å². The van der Waals surface area contributed by atoms with Gasteiger partial charge in [-0.1, -0.05) is 30.3 Å². The lowest BCUT2D eigenvalue weighted by Gasteiger charge is -2.13. The predicted molar refractivity (Wildman–Crippen MR) is 97.0 cm³/mol. The van der Waals surface area contributed by atoms with E-state index >= 15 is 0 Å². The van der Waals surface area contributed by atoms with Crippen LogP contribution in [0.5, 0.6) is 0 Å². The van der Waals surface area contributed by atoms with Crippen molar-refractivity contribution in [2.75, 3.05) is 19.0 Å². The molecule has 0 aliphatic heterocycles. The van der Waals surface area contributed by atoms with Gasteiger partial charge in [0.25, 0.3) is 0 Å². The molecule has 0 atom stereocenters. The van der Waals surface area contributed by atoms with Crippen LogP contribution in [-0.4, -0.2) is 28.7 Å². The molecule has 117 valence electrons. The molecule has 0 amide bonds. The molecule has 0 N–H and O–H groups in total. The average Bonchev–Trinajstić information content (AvgIpc) is 3.05. The number of benzene rings is 2. The molecule has 0 spiro atoms. The van der Waals surface area contributed by atoms with Crippen LogP contribution in [0.3, 0.4) is 0 Å². The molecule has 0 saturated heterocycles. The van der Waals surface area contributed by atoms with Gasteiger partial charge in [-0.25, -0.2) is 9.50 Å². The summed E-state index contributed by atoms with van der Waals surface area (Å²) in [7, 11) is 4.07. The van der Waals surface area contributed by atoms with Crippen molar-refractivity contribution >= 4 is 11.3 Å². The molecule has 0 aliphatic carbocycles. The fourth-order valence-electron chi connectivity index (χ4n) is 2.72. The first-order valence-corrected chi connectivity index (χ1v) is 7.81. The van der Waals surface area contributed by atoms with Gasteiger partial charge >= 0.3 is 0 Å². The predicted octanol–water partition coefficient (Wildman–Crippen LogP) is 3.93. The zero-order chi connectivity index (χ0) is 16.5. The first-order valence-electron chi connectivity index (χ1n) is 7.81. The van der Waals surface area contributed by atoms with Crippen molar-refractivity contribution in [3.63, 3.8) is 0 Å². The smallest absolute Gasteiger partial charge is 0.154 e. The SMILES string of the molecule is CN(C)c1cccc(-c2ccc3ncc(-c4c[c]ccc4)n3n2)c1. The Kier molecular flexibility index (Phi) is 3.50. The summed E-state index contributed by atoms with van der Waals surface area (Å²) in [6.07, 6.45) is 1.85. The highest BCUT2D eigenvalue weighted by atomic mass is 15.3. The number of anilines is 1. The van der Waals surface area contributed by atoms with E-state index in [1.165, 1.54) is 0 Å². The minimum Gasteiger partial charge on any atom is -0.378 e. The van der Waals surface area contributed by atoms with Gasteiger partial charge in [0.2, 0.25) is 0 Å². The van der Waals surface area contributed by atoms with Gasteiger partial charge in [0, 0.05) is 30.9 Å². The monoisotopic (exact) mass is 313 g/mol. The topological polar surface area (TPSA) is 33.4 Å². The number of aromatic nitrogens is 3. The molecule has 4 rings (SSSR count). The first kappa shape index (κ1) is 14.5. The lowest BCUT2D eigenvalue weighted by molar-refractivity contribution is 0.949. The van der Waals surface area contributed by atoms with Gasteiger partial charge in [0.05, 0.1) is 17.6 Å². The van der Waals surface area contributed by atoms with Gasteiger partial charge in [0.1, 0.15) is 0 Å². The summed E-state index contributed by atoms with van der Waals surface area (Å²) in [6, 6.07) is 23.3. The Morgan fingerprint density at radius 3 is 2.67 bits per heavy atom. The van der Waals surface area contributed by atoms with Crippen LogP contribution < -0.4 is 4.90 Å². The lowest BCUT2D eigenvalue weighted by atomic mass is 10.1. The second-order valence-electron chi connectivity index (χ2n) is 5.87. The molecular weight excluding hydrogens is 296 g/mol. The summed E-state index contributed by atoms with van der Waals surface area (Å²) in [6.45, 7) is 0. The van der Waals surface area contributed by atoms with Crippen LogP contribution in [-0.2, 0) is 0 Å². The van der Waals surface area contributed by atoms with Gasteiger partial charge in [-0.2, -0.15) is 5.10 Å². The van der Waals surface area contributed by atoms with E-state index in [-0.39, 0.29) is 0 Å². The third-order valence-electron chi connectivity index (χ3n) is 4.02.